The number of carbonyl (C=O) groups is 2. The molecule has 0 aliphatic heterocycles. The summed E-state index contributed by atoms with van der Waals surface area (Å²) in [6, 6.07) is 11.3. The Morgan fingerprint density at radius 2 is 1.75 bits per heavy atom. The summed E-state index contributed by atoms with van der Waals surface area (Å²) in [6.07, 6.45) is 1.51. The fourth-order valence-electron chi connectivity index (χ4n) is 2.08. The van der Waals surface area contributed by atoms with Gasteiger partial charge in [0.05, 0.1) is 12.7 Å². The van der Waals surface area contributed by atoms with Gasteiger partial charge in [0.15, 0.2) is 11.5 Å². The van der Waals surface area contributed by atoms with Gasteiger partial charge in [-0.2, -0.15) is 0 Å². The number of aliphatic carboxylic acids is 1. The van der Waals surface area contributed by atoms with Gasteiger partial charge in [-0.05, 0) is 41.5 Å². The van der Waals surface area contributed by atoms with Gasteiger partial charge in [-0.15, -0.1) is 0 Å². The molecule has 0 saturated heterocycles. The molecule has 0 radical (unpaired) electrons. The van der Waals surface area contributed by atoms with Crippen molar-refractivity contribution in [1.82, 2.24) is 0 Å². The minimum absolute atomic E-state index is 0.106. The van der Waals surface area contributed by atoms with Gasteiger partial charge in [-0.25, -0.2) is 4.79 Å². The van der Waals surface area contributed by atoms with Crippen molar-refractivity contribution in [3.8, 4) is 11.5 Å². The van der Waals surface area contributed by atoms with Crippen LogP contribution in [-0.4, -0.2) is 24.2 Å². The van der Waals surface area contributed by atoms with Gasteiger partial charge in [-0.1, -0.05) is 29.8 Å². The van der Waals surface area contributed by atoms with Crippen LogP contribution in [-0.2, 0) is 9.59 Å². The minimum Gasteiger partial charge on any atom is -0.493 e. The standard InChI is InChI=1S/C18H15ClO5/c1-11(20)24-16-8-3-12(10-17(16)23-2)9-15(18(21)22)13-4-6-14(19)7-5-13/h3-10H,1-2H3,(H,21,22). The second-order valence-corrected chi connectivity index (χ2v) is 5.31. The van der Waals surface area contributed by atoms with Crippen molar-refractivity contribution in [2.45, 2.75) is 6.92 Å². The Morgan fingerprint density at radius 1 is 1.08 bits per heavy atom. The van der Waals surface area contributed by atoms with E-state index < -0.39 is 11.9 Å². The van der Waals surface area contributed by atoms with E-state index in [1.54, 1.807) is 42.5 Å². The highest BCUT2D eigenvalue weighted by molar-refractivity contribution is 6.30. The SMILES string of the molecule is COc1cc(C=C(C(=O)O)c2ccc(Cl)cc2)ccc1OC(C)=O. The van der Waals surface area contributed by atoms with Crippen molar-refractivity contribution in [3.05, 3.63) is 58.6 Å². The molecule has 2 rings (SSSR count). The van der Waals surface area contributed by atoms with E-state index >= 15 is 0 Å². The summed E-state index contributed by atoms with van der Waals surface area (Å²) in [5.74, 6) is -0.936. The zero-order chi connectivity index (χ0) is 17.7. The molecule has 0 aliphatic carbocycles. The Hall–Kier alpha value is -2.79. The molecule has 0 saturated carbocycles. The number of carbonyl (C=O) groups excluding carboxylic acids is 1. The van der Waals surface area contributed by atoms with Crippen molar-refractivity contribution in [3.63, 3.8) is 0 Å². The molecule has 24 heavy (non-hydrogen) atoms. The molecule has 0 amide bonds. The fourth-order valence-corrected chi connectivity index (χ4v) is 2.20. The van der Waals surface area contributed by atoms with Crippen LogP contribution in [0.1, 0.15) is 18.1 Å². The third-order valence-corrected chi connectivity index (χ3v) is 3.39. The number of carboxylic acids is 1. The van der Waals surface area contributed by atoms with E-state index in [0.29, 0.717) is 21.9 Å². The van der Waals surface area contributed by atoms with Crippen LogP contribution in [0.25, 0.3) is 11.6 Å². The molecule has 0 aromatic heterocycles. The van der Waals surface area contributed by atoms with Gasteiger partial charge >= 0.3 is 11.9 Å². The molecule has 2 aromatic carbocycles. The second-order valence-electron chi connectivity index (χ2n) is 4.87. The first-order valence-electron chi connectivity index (χ1n) is 6.98. The number of benzene rings is 2. The molecular weight excluding hydrogens is 332 g/mol. The monoisotopic (exact) mass is 346 g/mol. The van der Waals surface area contributed by atoms with Crippen LogP contribution in [0.3, 0.4) is 0 Å². The van der Waals surface area contributed by atoms with Gasteiger partial charge in [0.25, 0.3) is 0 Å². The number of rotatable bonds is 5. The maximum atomic E-state index is 11.6. The number of methoxy groups -OCH3 is 1. The van der Waals surface area contributed by atoms with Gasteiger partial charge < -0.3 is 14.6 Å². The first kappa shape index (κ1) is 17.6. The molecule has 0 fully saturated rings. The van der Waals surface area contributed by atoms with Gasteiger partial charge in [0.1, 0.15) is 0 Å². The van der Waals surface area contributed by atoms with Crippen molar-refractivity contribution in [1.29, 1.82) is 0 Å². The molecule has 0 aliphatic rings. The Morgan fingerprint density at radius 3 is 2.29 bits per heavy atom. The molecule has 2 aromatic rings. The van der Waals surface area contributed by atoms with Crippen LogP contribution < -0.4 is 9.47 Å². The zero-order valence-corrected chi connectivity index (χ0v) is 13.8. The maximum absolute atomic E-state index is 11.6. The lowest BCUT2D eigenvalue weighted by atomic mass is 10.0. The zero-order valence-electron chi connectivity index (χ0n) is 13.1. The van der Waals surface area contributed by atoms with Crippen LogP contribution >= 0.6 is 11.6 Å². The van der Waals surface area contributed by atoms with E-state index in [1.807, 2.05) is 0 Å². The van der Waals surface area contributed by atoms with Gasteiger partial charge in [-0.3, -0.25) is 4.79 Å². The lowest BCUT2D eigenvalue weighted by Gasteiger charge is -2.09. The summed E-state index contributed by atoms with van der Waals surface area (Å²) in [5, 5.41) is 9.98. The van der Waals surface area contributed by atoms with Crippen LogP contribution in [0.2, 0.25) is 5.02 Å². The average Bonchev–Trinajstić information content (AvgIpc) is 2.54. The van der Waals surface area contributed by atoms with E-state index in [-0.39, 0.29) is 11.3 Å². The van der Waals surface area contributed by atoms with E-state index in [4.69, 9.17) is 21.1 Å². The molecule has 6 heteroatoms. The summed E-state index contributed by atoms with van der Waals surface area (Å²) in [7, 11) is 1.44. The number of carboxylic acid groups (broad SMARTS) is 1. The predicted octanol–water partition coefficient (Wildman–Crippen LogP) is 3.90. The van der Waals surface area contributed by atoms with Crippen molar-refractivity contribution < 1.29 is 24.2 Å². The van der Waals surface area contributed by atoms with Crippen LogP contribution in [0.4, 0.5) is 0 Å². The summed E-state index contributed by atoms with van der Waals surface area (Å²) in [6.45, 7) is 1.29. The highest BCUT2D eigenvalue weighted by atomic mass is 35.5. The Labute approximate surface area is 144 Å². The lowest BCUT2D eigenvalue weighted by Crippen LogP contribution is -2.03. The van der Waals surface area contributed by atoms with E-state index in [1.165, 1.54) is 20.1 Å². The lowest BCUT2D eigenvalue weighted by molar-refractivity contribution is -0.132. The van der Waals surface area contributed by atoms with E-state index in [2.05, 4.69) is 0 Å². The van der Waals surface area contributed by atoms with Crippen molar-refractivity contribution in [2.75, 3.05) is 7.11 Å². The Balaban J connectivity index is 2.44. The number of halogens is 1. The van der Waals surface area contributed by atoms with Crippen LogP contribution in [0.15, 0.2) is 42.5 Å². The molecule has 0 spiro atoms. The first-order valence-corrected chi connectivity index (χ1v) is 7.36. The van der Waals surface area contributed by atoms with Crippen LogP contribution in [0, 0.1) is 0 Å². The Kier molecular flexibility index (Phi) is 5.60. The Bertz CT molecular complexity index is 794. The summed E-state index contributed by atoms with van der Waals surface area (Å²) < 4.78 is 10.2. The number of hydrogen-bond donors (Lipinski definition) is 1. The second kappa shape index (κ2) is 7.66. The summed E-state index contributed by atoms with van der Waals surface area (Å²) in [5.41, 5.74) is 1.22. The van der Waals surface area contributed by atoms with Gasteiger partial charge in [0.2, 0.25) is 0 Å². The maximum Gasteiger partial charge on any atom is 0.336 e. The molecular formula is C18H15ClO5. The molecule has 124 valence electrons. The van der Waals surface area contributed by atoms with Crippen molar-refractivity contribution in [2.24, 2.45) is 0 Å². The number of ether oxygens (including phenoxy) is 2. The topological polar surface area (TPSA) is 72.8 Å². The summed E-state index contributed by atoms with van der Waals surface area (Å²) in [4.78, 5) is 22.6. The van der Waals surface area contributed by atoms with Crippen LogP contribution in [0.5, 0.6) is 11.5 Å². The average molecular weight is 347 g/mol. The largest absolute Gasteiger partial charge is 0.493 e. The number of hydrogen-bond acceptors (Lipinski definition) is 4. The molecule has 0 unspecified atom stereocenters. The highest BCUT2D eigenvalue weighted by Gasteiger charge is 2.12. The smallest absolute Gasteiger partial charge is 0.336 e. The molecule has 0 heterocycles. The summed E-state index contributed by atoms with van der Waals surface area (Å²) >= 11 is 5.83. The molecule has 0 bridgehead atoms. The fraction of sp³-hybridized carbons (Fsp3) is 0.111. The van der Waals surface area contributed by atoms with Crippen molar-refractivity contribution >= 4 is 35.2 Å². The normalized spacial score (nSPS) is 11.0. The predicted molar refractivity (Wildman–Crippen MR) is 91.3 cm³/mol. The van der Waals surface area contributed by atoms with E-state index in [0.717, 1.165) is 0 Å². The molecule has 0 atom stereocenters. The van der Waals surface area contributed by atoms with Gasteiger partial charge in [0, 0.05) is 11.9 Å². The molecule has 5 nitrogen and oxygen atoms in total. The third-order valence-electron chi connectivity index (χ3n) is 3.14. The minimum atomic E-state index is -1.07. The quantitative estimate of drug-likeness (QED) is 0.385. The molecule has 1 N–H and O–H groups in total. The first-order chi connectivity index (χ1) is 11.4. The van der Waals surface area contributed by atoms with E-state index in [9.17, 15) is 14.7 Å². The third kappa shape index (κ3) is 4.36. The highest BCUT2D eigenvalue weighted by Crippen LogP contribution is 2.30. The number of esters is 1.